The van der Waals surface area contributed by atoms with E-state index in [9.17, 15) is 18.0 Å². The summed E-state index contributed by atoms with van der Waals surface area (Å²) in [5, 5.41) is 0. The summed E-state index contributed by atoms with van der Waals surface area (Å²) in [4.78, 5) is 25.5. The largest absolute Gasteiger partial charge is 0.466 e. The molecule has 0 aliphatic carbocycles. The molecule has 0 fully saturated rings. The van der Waals surface area contributed by atoms with Crippen LogP contribution in [0.5, 0.6) is 0 Å². The summed E-state index contributed by atoms with van der Waals surface area (Å²) in [6.07, 6.45) is 0. The Labute approximate surface area is 202 Å². The Balaban J connectivity index is 2.10. The Morgan fingerprint density at radius 3 is 2.12 bits per heavy atom. The molecule has 0 bridgehead atoms. The molecule has 2 aromatic carbocycles. The minimum absolute atomic E-state index is 0.00588. The summed E-state index contributed by atoms with van der Waals surface area (Å²) >= 11 is 0. The lowest BCUT2D eigenvalue weighted by atomic mass is 9.86. The number of ether oxygens (including phenoxy) is 1. The quantitative estimate of drug-likeness (QED) is 0.517. The predicted octanol–water partition coefficient (Wildman–Crippen LogP) is 4.56. The van der Waals surface area contributed by atoms with Crippen molar-refractivity contribution in [2.45, 2.75) is 39.5 Å². The Morgan fingerprint density at radius 2 is 1.56 bits per heavy atom. The highest BCUT2D eigenvalue weighted by Crippen LogP contribution is 2.36. The SMILES string of the molecule is CCOC(=O)[C@@H](C)/C(=C(\C)C1=C(C(C)=O)CN(S(=O)(=O)c2ccc(C)cc2)C1)c1ccccc1. The standard InChI is InChI=1S/C27H31NO5S/c1-6-33-27(30)20(4)26(22-10-8-7-9-11-22)19(3)24-16-28(17-25(24)21(5)29)34(31,32)23-14-12-18(2)13-15-23/h7-15,20H,6,16-17H2,1-5H3/b26-19-/t20-/m0/s1. The monoisotopic (exact) mass is 481 g/mol. The fourth-order valence-corrected chi connectivity index (χ4v) is 5.63. The van der Waals surface area contributed by atoms with Gasteiger partial charge in [-0.25, -0.2) is 8.42 Å². The van der Waals surface area contributed by atoms with Crippen LogP contribution in [0.3, 0.4) is 0 Å². The van der Waals surface area contributed by atoms with Gasteiger partial charge in [0.2, 0.25) is 10.0 Å². The Morgan fingerprint density at radius 1 is 0.971 bits per heavy atom. The number of rotatable bonds is 8. The smallest absolute Gasteiger partial charge is 0.313 e. The van der Waals surface area contributed by atoms with Crippen LogP contribution in [0.4, 0.5) is 0 Å². The highest BCUT2D eigenvalue weighted by Gasteiger charge is 2.36. The number of hydrogen-bond acceptors (Lipinski definition) is 5. The Hall–Kier alpha value is -3.03. The van der Waals surface area contributed by atoms with Gasteiger partial charge in [0.05, 0.1) is 17.4 Å². The topological polar surface area (TPSA) is 80.8 Å². The molecule has 2 aromatic rings. The van der Waals surface area contributed by atoms with Crippen molar-refractivity contribution < 1.29 is 22.7 Å². The van der Waals surface area contributed by atoms with Crippen molar-refractivity contribution in [3.8, 4) is 0 Å². The lowest BCUT2D eigenvalue weighted by Crippen LogP contribution is -2.30. The molecule has 0 aromatic heterocycles. The van der Waals surface area contributed by atoms with E-state index < -0.39 is 15.9 Å². The zero-order valence-electron chi connectivity index (χ0n) is 20.3. The first-order valence-electron chi connectivity index (χ1n) is 11.3. The highest BCUT2D eigenvalue weighted by atomic mass is 32.2. The summed E-state index contributed by atoms with van der Waals surface area (Å²) in [7, 11) is -3.80. The van der Waals surface area contributed by atoms with Gasteiger partial charge >= 0.3 is 5.97 Å². The number of sulfonamides is 1. The molecular formula is C27H31NO5S. The molecule has 1 aliphatic heterocycles. The summed E-state index contributed by atoms with van der Waals surface area (Å²) in [6.45, 7) is 9.02. The van der Waals surface area contributed by atoms with Crippen LogP contribution in [-0.2, 0) is 24.3 Å². The van der Waals surface area contributed by atoms with E-state index in [4.69, 9.17) is 4.74 Å². The third-order valence-corrected chi connectivity index (χ3v) is 7.94. The van der Waals surface area contributed by atoms with Crippen molar-refractivity contribution in [2.24, 2.45) is 5.92 Å². The number of ketones is 1. The molecule has 0 amide bonds. The van der Waals surface area contributed by atoms with Crippen molar-refractivity contribution in [1.29, 1.82) is 0 Å². The van der Waals surface area contributed by atoms with Crippen molar-refractivity contribution in [3.05, 3.63) is 82.4 Å². The second kappa shape index (κ2) is 10.5. The lowest BCUT2D eigenvalue weighted by molar-refractivity contribution is -0.145. The van der Waals surface area contributed by atoms with Crippen LogP contribution in [0.1, 0.15) is 38.8 Å². The number of carbonyl (C=O) groups is 2. The van der Waals surface area contributed by atoms with Gasteiger partial charge in [-0.1, -0.05) is 48.0 Å². The minimum atomic E-state index is -3.80. The molecule has 0 saturated carbocycles. The van der Waals surface area contributed by atoms with E-state index >= 15 is 0 Å². The molecule has 6 nitrogen and oxygen atoms in total. The third kappa shape index (κ3) is 5.21. The first kappa shape index (κ1) is 25.6. The number of hydrogen-bond donors (Lipinski definition) is 0. The molecular weight excluding hydrogens is 450 g/mol. The zero-order valence-corrected chi connectivity index (χ0v) is 21.1. The molecule has 0 saturated heterocycles. The molecule has 0 unspecified atom stereocenters. The summed E-state index contributed by atoms with van der Waals surface area (Å²) < 4.78 is 33.3. The molecule has 7 heteroatoms. The number of benzene rings is 2. The molecule has 3 rings (SSSR count). The number of aryl methyl sites for hydroxylation is 1. The molecule has 1 aliphatic rings. The van der Waals surface area contributed by atoms with Gasteiger partial charge < -0.3 is 4.74 Å². The van der Waals surface area contributed by atoms with Gasteiger partial charge in [0.25, 0.3) is 0 Å². The van der Waals surface area contributed by atoms with Crippen molar-refractivity contribution in [1.82, 2.24) is 4.31 Å². The maximum absolute atomic E-state index is 13.3. The summed E-state index contributed by atoms with van der Waals surface area (Å²) in [6, 6.07) is 16.1. The second-order valence-electron chi connectivity index (χ2n) is 8.48. The van der Waals surface area contributed by atoms with Crippen molar-refractivity contribution in [3.63, 3.8) is 0 Å². The lowest BCUT2D eigenvalue weighted by Gasteiger charge is -2.21. The Bertz CT molecular complexity index is 1240. The van der Waals surface area contributed by atoms with Crippen LogP contribution >= 0.6 is 0 Å². The number of carbonyl (C=O) groups excluding carboxylic acids is 2. The average Bonchev–Trinajstić information content (AvgIpc) is 3.27. The molecule has 180 valence electrons. The third-order valence-electron chi connectivity index (χ3n) is 6.13. The van der Waals surface area contributed by atoms with Crippen molar-refractivity contribution >= 4 is 27.3 Å². The molecule has 0 N–H and O–H groups in total. The van der Waals surface area contributed by atoms with E-state index in [-0.39, 0.29) is 36.3 Å². The first-order valence-corrected chi connectivity index (χ1v) is 12.7. The molecule has 0 radical (unpaired) electrons. The van der Waals surface area contributed by atoms with E-state index in [1.807, 2.05) is 44.2 Å². The van der Waals surface area contributed by atoms with Gasteiger partial charge in [-0.05, 0) is 69.0 Å². The molecule has 1 heterocycles. The summed E-state index contributed by atoms with van der Waals surface area (Å²) in [5.74, 6) is -1.15. The molecule has 1 atom stereocenters. The number of nitrogens with zero attached hydrogens (tertiary/aromatic N) is 1. The molecule has 34 heavy (non-hydrogen) atoms. The maximum Gasteiger partial charge on any atom is 0.313 e. The Kier molecular flexibility index (Phi) is 7.89. The predicted molar refractivity (Wildman–Crippen MR) is 132 cm³/mol. The molecule has 0 spiro atoms. The number of Topliss-reactive ketones (excluding diaryl/α,β-unsaturated/α-hetero) is 1. The van der Waals surface area contributed by atoms with Crippen LogP contribution in [0.2, 0.25) is 0 Å². The summed E-state index contributed by atoms with van der Waals surface area (Å²) in [5.41, 5.74) is 4.32. The van der Waals surface area contributed by atoms with Crippen LogP contribution < -0.4 is 0 Å². The van der Waals surface area contributed by atoms with E-state index in [2.05, 4.69) is 0 Å². The van der Waals surface area contributed by atoms with Crippen molar-refractivity contribution in [2.75, 3.05) is 19.7 Å². The van der Waals surface area contributed by atoms with Gasteiger partial charge in [-0.3, -0.25) is 9.59 Å². The maximum atomic E-state index is 13.3. The van der Waals surface area contributed by atoms with Gasteiger partial charge in [0, 0.05) is 18.7 Å². The van der Waals surface area contributed by atoms with Crippen LogP contribution in [0, 0.1) is 12.8 Å². The van der Waals surface area contributed by atoms with Gasteiger partial charge in [0.15, 0.2) is 5.78 Å². The number of esters is 1. The fraction of sp³-hybridized carbons (Fsp3) is 0.333. The zero-order chi connectivity index (χ0) is 25.0. The minimum Gasteiger partial charge on any atom is -0.466 e. The first-order chi connectivity index (χ1) is 16.1. The van der Waals surface area contributed by atoms with E-state index in [0.717, 1.165) is 22.3 Å². The van der Waals surface area contributed by atoms with Crippen LogP contribution in [0.15, 0.2) is 76.2 Å². The normalized spacial score (nSPS) is 16.3. The average molecular weight is 482 g/mol. The fourth-order valence-electron chi connectivity index (χ4n) is 4.25. The van der Waals surface area contributed by atoms with Gasteiger partial charge in [-0.15, -0.1) is 0 Å². The van der Waals surface area contributed by atoms with Crippen LogP contribution in [-0.4, -0.2) is 44.2 Å². The van der Waals surface area contributed by atoms with Crippen LogP contribution in [0.25, 0.3) is 5.57 Å². The second-order valence-corrected chi connectivity index (χ2v) is 10.4. The van der Waals surface area contributed by atoms with Gasteiger partial charge in [0.1, 0.15) is 0 Å². The van der Waals surface area contributed by atoms with E-state index in [1.54, 1.807) is 38.1 Å². The highest BCUT2D eigenvalue weighted by molar-refractivity contribution is 7.89. The van der Waals surface area contributed by atoms with E-state index in [1.165, 1.54) is 11.2 Å². The van der Waals surface area contributed by atoms with Gasteiger partial charge in [-0.2, -0.15) is 4.31 Å². The van der Waals surface area contributed by atoms with E-state index in [0.29, 0.717) is 11.1 Å².